The summed E-state index contributed by atoms with van der Waals surface area (Å²) in [5, 5.41) is 5.64. The second-order valence-corrected chi connectivity index (χ2v) is 9.81. The van der Waals surface area contributed by atoms with E-state index in [1.807, 2.05) is 30.3 Å². The Labute approximate surface area is 198 Å². The van der Waals surface area contributed by atoms with E-state index in [0.29, 0.717) is 29.2 Å². The SMILES string of the molecule is CS(=O)(=O)N1CCC(C(=O)Nc2ccccc2C(=O)NCc2ccccc2)Oc2ccccc21. The lowest BCUT2D eigenvalue weighted by atomic mass is 10.1. The second kappa shape index (κ2) is 9.96. The van der Waals surface area contributed by atoms with Gasteiger partial charge in [-0.3, -0.25) is 13.9 Å². The van der Waals surface area contributed by atoms with Crippen LogP contribution < -0.4 is 19.7 Å². The monoisotopic (exact) mass is 479 g/mol. The van der Waals surface area contributed by atoms with Gasteiger partial charge in [0.1, 0.15) is 5.75 Å². The van der Waals surface area contributed by atoms with Gasteiger partial charge in [-0.1, -0.05) is 54.6 Å². The number of anilines is 2. The number of fused-ring (bicyclic) bond motifs is 1. The number of amides is 2. The van der Waals surface area contributed by atoms with Crippen molar-refractivity contribution in [2.45, 2.75) is 19.1 Å². The first-order valence-electron chi connectivity index (χ1n) is 10.8. The fraction of sp³-hybridized carbons (Fsp3) is 0.200. The van der Waals surface area contributed by atoms with Crippen molar-refractivity contribution in [2.75, 3.05) is 22.4 Å². The largest absolute Gasteiger partial charge is 0.478 e. The maximum Gasteiger partial charge on any atom is 0.265 e. The molecule has 176 valence electrons. The lowest BCUT2D eigenvalue weighted by molar-refractivity contribution is -0.122. The van der Waals surface area contributed by atoms with E-state index in [0.717, 1.165) is 11.8 Å². The van der Waals surface area contributed by atoms with Crippen LogP contribution in [0, 0.1) is 0 Å². The van der Waals surface area contributed by atoms with Crippen LogP contribution in [0.2, 0.25) is 0 Å². The van der Waals surface area contributed by atoms with Gasteiger partial charge >= 0.3 is 0 Å². The number of hydrogen-bond acceptors (Lipinski definition) is 5. The number of nitrogens with one attached hydrogen (secondary N) is 2. The summed E-state index contributed by atoms with van der Waals surface area (Å²) in [7, 11) is -3.55. The second-order valence-electron chi connectivity index (χ2n) is 7.90. The molecule has 0 fully saturated rings. The van der Waals surface area contributed by atoms with Crippen LogP contribution in [0.15, 0.2) is 78.9 Å². The Kier molecular flexibility index (Phi) is 6.83. The summed E-state index contributed by atoms with van der Waals surface area (Å²) in [4.78, 5) is 25.9. The van der Waals surface area contributed by atoms with Crippen LogP contribution in [0.3, 0.4) is 0 Å². The molecule has 3 aromatic carbocycles. The molecule has 2 N–H and O–H groups in total. The summed E-state index contributed by atoms with van der Waals surface area (Å²) >= 11 is 0. The average molecular weight is 480 g/mol. The van der Waals surface area contributed by atoms with E-state index in [9.17, 15) is 18.0 Å². The van der Waals surface area contributed by atoms with Gasteiger partial charge in [-0.2, -0.15) is 0 Å². The highest BCUT2D eigenvalue weighted by Crippen LogP contribution is 2.34. The predicted octanol–water partition coefficient (Wildman–Crippen LogP) is 3.17. The van der Waals surface area contributed by atoms with Crippen molar-refractivity contribution in [3.63, 3.8) is 0 Å². The van der Waals surface area contributed by atoms with Gasteiger partial charge in [-0.05, 0) is 29.8 Å². The molecule has 2 amide bonds. The molecule has 0 saturated carbocycles. The van der Waals surface area contributed by atoms with E-state index < -0.39 is 22.0 Å². The van der Waals surface area contributed by atoms with Gasteiger partial charge in [0.25, 0.3) is 11.8 Å². The third-order valence-corrected chi connectivity index (χ3v) is 6.60. The minimum absolute atomic E-state index is 0.0904. The lowest BCUT2D eigenvalue weighted by Gasteiger charge is -2.20. The molecule has 0 saturated heterocycles. The Morgan fingerprint density at radius 1 is 0.971 bits per heavy atom. The van der Waals surface area contributed by atoms with Crippen molar-refractivity contribution in [2.24, 2.45) is 0 Å². The first kappa shape index (κ1) is 23.3. The van der Waals surface area contributed by atoms with Gasteiger partial charge in [0, 0.05) is 19.5 Å². The van der Waals surface area contributed by atoms with Crippen LogP contribution in [0.5, 0.6) is 5.75 Å². The molecule has 3 aromatic rings. The Hall–Kier alpha value is -3.85. The molecule has 0 spiro atoms. The molecule has 1 atom stereocenters. The highest BCUT2D eigenvalue weighted by Gasteiger charge is 2.31. The predicted molar refractivity (Wildman–Crippen MR) is 130 cm³/mol. The van der Waals surface area contributed by atoms with Crippen LogP contribution >= 0.6 is 0 Å². The fourth-order valence-corrected chi connectivity index (χ4v) is 4.68. The molecular formula is C25H25N3O5S. The maximum atomic E-state index is 13.1. The Morgan fingerprint density at radius 2 is 1.65 bits per heavy atom. The fourth-order valence-electron chi connectivity index (χ4n) is 3.74. The third-order valence-electron chi connectivity index (χ3n) is 5.42. The summed E-state index contributed by atoms with van der Waals surface area (Å²) in [6, 6.07) is 22.9. The van der Waals surface area contributed by atoms with Crippen molar-refractivity contribution in [1.29, 1.82) is 0 Å². The highest BCUT2D eigenvalue weighted by atomic mass is 32.2. The average Bonchev–Trinajstić information content (AvgIpc) is 3.03. The van der Waals surface area contributed by atoms with Gasteiger partial charge < -0.3 is 15.4 Å². The Bertz CT molecular complexity index is 1290. The molecule has 0 aromatic heterocycles. The Morgan fingerprint density at radius 3 is 2.41 bits per heavy atom. The van der Waals surface area contributed by atoms with Crippen molar-refractivity contribution in [1.82, 2.24) is 5.32 Å². The molecule has 34 heavy (non-hydrogen) atoms. The van der Waals surface area contributed by atoms with Crippen LogP contribution in [-0.4, -0.2) is 39.1 Å². The summed E-state index contributed by atoms with van der Waals surface area (Å²) in [6.45, 7) is 0.443. The van der Waals surface area contributed by atoms with Crippen molar-refractivity contribution in [3.05, 3.63) is 90.0 Å². The number of carbonyl (C=O) groups excluding carboxylic acids is 2. The van der Waals surface area contributed by atoms with Gasteiger partial charge in [0.15, 0.2) is 6.10 Å². The molecule has 1 aliphatic heterocycles. The summed E-state index contributed by atoms with van der Waals surface area (Å²) in [5.41, 5.74) is 2.01. The van der Waals surface area contributed by atoms with Crippen LogP contribution in [0.1, 0.15) is 22.3 Å². The van der Waals surface area contributed by atoms with Gasteiger partial charge in [0.05, 0.1) is 23.2 Å². The van der Waals surface area contributed by atoms with Crippen molar-refractivity contribution >= 4 is 33.2 Å². The smallest absolute Gasteiger partial charge is 0.265 e. The van der Waals surface area contributed by atoms with Gasteiger partial charge in [-0.25, -0.2) is 8.42 Å². The van der Waals surface area contributed by atoms with Crippen LogP contribution in [0.25, 0.3) is 0 Å². The number of sulfonamides is 1. The molecule has 4 rings (SSSR count). The zero-order valence-electron chi connectivity index (χ0n) is 18.6. The molecule has 0 bridgehead atoms. The Balaban J connectivity index is 1.50. The molecule has 8 nitrogen and oxygen atoms in total. The molecule has 0 radical (unpaired) electrons. The van der Waals surface area contributed by atoms with Crippen LogP contribution in [-0.2, 0) is 21.4 Å². The highest BCUT2D eigenvalue weighted by molar-refractivity contribution is 7.92. The van der Waals surface area contributed by atoms with E-state index in [1.54, 1.807) is 48.5 Å². The molecule has 9 heteroatoms. The van der Waals surface area contributed by atoms with E-state index in [4.69, 9.17) is 4.74 Å². The minimum Gasteiger partial charge on any atom is -0.478 e. The maximum absolute atomic E-state index is 13.1. The normalized spacial score (nSPS) is 15.4. The summed E-state index contributed by atoms with van der Waals surface area (Å²) in [6.07, 6.45) is 0.332. The van der Waals surface area contributed by atoms with Gasteiger partial charge in [0.2, 0.25) is 10.0 Å². The zero-order chi connectivity index (χ0) is 24.1. The number of benzene rings is 3. The third kappa shape index (κ3) is 5.37. The lowest BCUT2D eigenvalue weighted by Crippen LogP contribution is -2.36. The molecule has 1 heterocycles. The molecular weight excluding hydrogens is 454 g/mol. The number of rotatable bonds is 6. The van der Waals surface area contributed by atoms with E-state index in [2.05, 4.69) is 10.6 Å². The number of para-hydroxylation sites is 3. The van der Waals surface area contributed by atoms with E-state index in [1.165, 1.54) is 4.31 Å². The topological polar surface area (TPSA) is 105 Å². The number of ether oxygens (including phenoxy) is 1. The van der Waals surface area contributed by atoms with Crippen molar-refractivity contribution in [3.8, 4) is 5.75 Å². The number of carbonyl (C=O) groups is 2. The zero-order valence-corrected chi connectivity index (χ0v) is 19.4. The first-order chi connectivity index (χ1) is 16.3. The van der Waals surface area contributed by atoms with Crippen LogP contribution in [0.4, 0.5) is 11.4 Å². The summed E-state index contributed by atoms with van der Waals surface area (Å²) < 4.78 is 31.7. The van der Waals surface area contributed by atoms with E-state index >= 15 is 0 Å². The summed E-state index contributed by atoms with van der Waals surface area (Å²) in [5.74, 6) is -0.483. The van der Waals surface area contributed by atoms with Crippen molar-refractivity contribution < 1.29 is 22.7 Å². The quantitative estimate of drug-likeness (QED) is 0.565. The molecule has 0 aliphatic carbocycles. The minimum atomic E-state index is -3.55. The molecule has 1 unspecified atom stereocenters. The standard InChI is InChI=1S/C25H25N3O5S/c1-34(31,32)28-16-15-23(33-22-14-8-7-13-21(22)28)25(30)27-20-12-6-5-11-19(20)24(29)26-17-18-9-3-2-4-10-18/h2-14,23H,15-17H2,1H3,(H,26,29)(H,27,30). The van der Waals surface area contributed by atoms with E-state index in [-0.39, 0.29) is 18.9 Å². The molecule has 1 aliphatic rings. The number of nitrogens with zero attached hydrogens (tertiary/aromatic N) is 1. The van der Waals surface area contributed by atoms with Gasteiger partial charge in [-0.15, -0.1) is 0 Å². The first-order valence-corrected chi connectivity index (χ1v) is 12.6. The number of hydrogen-bond donors (Lipinski definition) is 2.